The Morgan fingerprint density at radius 2 is 2.05 bits per heavy atom. The van der Waals surface area contributed by atoms with Crippen molar-refractivity contribution in [3.8, 4) is 0 Å². The Morgan fingerprint density at radius 1 is 1.32 bits per heavy atom. The smallest absolute Gasteiger partial charge is 0.315 e. The number of carbonyl (C=O) groups is 1. The molecule has 0 aliphatic rings. The van der Waals surface area contributed by atoms with Crippen LogP contribution in [0.25, 0.3) is 0 Å². The van der Waals surface area contributed by atoms with Gasteiger partial charge in [-0.3, -0.25) is 4.68 Å². The van der Waals surface area contributed by atoms with Crippen LogP contribution in [0.2, 0.25) is 5.02 Å². The third kappa shape index (κ3) is 4.49. The first-order valence-electron chi connectivity index (χ1n) is 7.24. The summed E-state index contributed by atoms with van der Waals surface area (Å²) in [5.41, 5.74) is 1.99. The highest BCUT2D eigenvalue weighted by Gasteiger charge is 2.13. The van der Waals surface area contributed by atoms with Crippen molar-refractivity contribution >= 4 is 17.6 Å². The lowest BCUT2D eigenvalue weighted by atomic mass is 10.1. The minimum Gasteiger partial charge on any atom is -0.335 e. The summed E-state index contributed by atoms with van der Waals surface area (Å²) in [7, 11) is 1.85. The summed E-state index contributed by atoms with van der Waals surface area (Å²) >= 11 is 6.13. The molecule has 118 valence electrons. The highest BCUT2D eigenvalue weighted by Crippen LogP contribution is 2.16. The van der Waals surface area contributed by atoms with E-state index >= 15 is 0 Å². The van der Waals surface area contributed by atoms with Crippen molar-refractivity contribution in [2.24, 2.45) is 7.05 Å². The number of aromatic nitrogens is 2. The molecule has 1 aromatic carbocycles. The van der Waals surface area contributed by atoms with E-state index in [1.54, 1.807) is 10.9 Å². The van der Waals surface area contributed by atoms with E-state index in [2.05, 4.69) is 15.7 Å². The molecular weight excluding hydrogens is 300 g/mol. The number of aryl methyl sites for hydroxylation is 1. The van der Waals surface area contributed by atoms with E-state index in [1.165, 1.54) is 0 Å². The van der Waals surface area contributed by atoms with E-state index in [4.69, 9.17) is 11.6 Å². The van der Waals surface area contributed by atoms with Gasteiger partial charge in [-0.25, -0.2) is 4.79 Å². The Hall–Kier alpha value is -2.01. The maximum Gasteiger partial charge on any atom is 0.315 e. The van der Waals surface area contributed by atoms with Crippen molar-refractivity contribution in [1.82, 2.24) is 20.4 Å². The van der Waals surface area contributed by atoms with E-state index in [1.807, 2.05) is 51.4 Å². The molecule has 0 saturated heterocycles. The first kappa shape index (κ1) is 16.4. The zero-order valence-electron chi connectivity index (χ0n) is 13.0. The van der Waals surface area contributed by atoms with Gasteiger partial charge in [-0.05, 0) is 31.9 Å². The number of urea groups is 1. The maximum absolute atomic E-state index is 12.0. The van der Waals surface area contributed by atoms with E-state index in [0.717, 1.165) is 16.1 Å². The van der Waals surface area contributed by atoms with Crippen molar-refractivity contribution in [2.45, 2.75) is 32.4 Å². The topological polar surface area (TPSA) is 59.0 Å². The molecule has 0 aliphatic heterocycles. The Kier molecular flexibility index (Phi) is 5.44. The second-order valence-corrected chi connectivity index (χ2v) is 5.89. The third-order valence-electron chi connectivity index (χ3n) is 3.43. The summed E-state index contributed by atoms with van der Waals surface area (Å²) in [6, 6.07) is 7.35. The molecule has 0 unspecified atom stereocenters. The number of carbonyl (C=O) groups excluding carboxylic acids is 1. The molecule has 0 spiro atoms. The molecule has 0 fully saturated rings. The van der Waals surface area contributed by atoms with E-state index in [-0.39, 0.29) is 18.1 Å². The highest BCUT2D eigenvalue weighted by molar-refractivity contribution is 6.31. The summed E-state index contributed by atoms with van der Waals surface area (Å²) in [5.74, 6) is 0. The Labute approximate surface area is 135 Å². The molecule has 5 nitrogen and oxygen atoms in total. The van der Waals surface area contributed by atoms with Crippen LogP contribution in [0.15, 0.2) is 36.7 Å². The van der Waals surface area contributed by atoms with Crippen LogP contribution >= 0.6 is 11.6 Å². The van der Waals surface area contributed by atoms with Crippen LogP contribution in [-0.4, -0.2) is 21.9 Å². The van der Waals surface area contributed by atoms with Gasteiger partial charge in [0.05, 0.1) is 12.2 Å². The van der Waals surface area contributed by atoms with Gasteiger partial charge in [0, 0.05) is 29.9 Å². The molecule has 0 bridgehead atoms. The minimum absolute atomic E-state index is 0.0130. The SMILES string of the molecule is C[C@@H](Cc1ccccc1Cl)NC(=O)N[C@H](C)c1cnn(C)c1. The van der Waals surface area contributed by atoms with Gasteiger partial charge < -0.3 is 10.6 Å². The summed E-state index contributed by atoms with van der Waals surface area (Å²) < 4.78 is 1.71. The van der Waals surface area contributed by atoms with Gasteiger partial charge in [0.2, 0.25) is 0 Å². The molecule has 1 aromatic heterocycles. The first-order chi connectivity index (χ1) is 10.5. The Balaban J connectivity index is 1.85. The molecule has 2 N–H and O–H groups in total. The van der Waals surface area contributed by atoms with Gasteiger partial charge >= 0.3 is 6.03 Å². The maximum atomic E-state index is 12.0. The predicted octanol–water partition coefficient (Wildman–Crippen LogP) is 3.06. The van der Waals surface area contributed by atoms with Crippen LogP contribution in [0.3, 0.4) is 0 Å². The van der Waals surface area contributed by atoms with Crippen molar-refractivity contribution in [3.05, 3.63) is 52.8 Å². The number of rotatable bonds is 5. The number of benzene rings is 1. The van der Waals surface area contributed by atoms with Crippen LogP contribution in [0.5, 0.6) is 0 Å². The number of nitrogens with one attached hydrogen (secondary N) is 2. The quantitative estimate of drug-likeness (QED) is 0.889. The summed E-state index contributed by atoms with van der Waals surface area (Å²) in [6.45, 7) is 3.88. The Bertz CT molecular complexity index is 641. The fourth-order valence-electron chi connectivity index (χ4n) is 2.25. The van der Waals surface area contributed by atoms with Gasteiger partial charge in [0.1, 0.15) is 0 Å². The lowest BCUT2D eigenvalue weighted by Crippen LogP contribution is -2.42. The average molecular weight is 321 g/mol. The van der Waals surface area contributed by atoms with Gasteiger partial charge in [0.15, 0.2) is 0 Å². The molecule has 0 aliphatic carbocycles. The summed E-state index contributed by atoms with van der Waals surface area (Å²) in [4.78, 5) is 12.0. The molecule has 2 amide bonds. The van der Waals surface area contributed by atoms with Crippen LogP contribution < -0.4 is 10.6 Å². The molecule has 1 heterocycles. The fourth-order valence-corrected chi connectivity index (χ4v) is 2.47. The monoisotopic (exact) mass is 320 g/mol. The van der Waals surface area contributed by atoms with E-state index in [9.17, 15) is 4.79 Å². The third-order valence-corrected chi connectivity index (χ3v) is 3.80. The average Bonchev–Trinajstić information content (AvgIpc) is 2.88. The number of halogens is 1. The van der Waals surface area contributed by atoms with Crippen LogP contribution in [0.4, 0.5) is 4.79 Å². The molecule has 6 heteroatoms. The van der Waals surface area contributed by atoms with Gasteiger partial charge in [-0.2, -0.15) is 5.10 Å². The number of amides is 2. The molecule has 0 saturated carbocycles. The standard InChI is InChI=1S/C16H21ClN4O/c1-11(8-13-6-4-5-7-15(13)17)19-16(22)20-12(2)14-9-18-21(3)10-14/h4-7,9-12H,8H2,1-3H3,(H2,19,20,22)/t11-,12+/m0/s1. The Morgan fingerprint density at radius 3 is 2.68 bits per heavy atom. The first-order valence-corrected chi connectivity index (χ1v) is 7.62. The minimum atomic E-state index is -0.198. The molecule has 0 radical (unpaired) electrons. The molecule has 22 heavy (non-hydrogen) atoms. The lowest BCUT2D eigenvalue weighted by molar-refractivity contribution is 0.234. The van der Waals surface area contributed by atoms with Crippen LogP contribution in [0, 0.1) is 0 Å². The van der Waals surface area contributed by atoms with Crippen molar-refractivity contribution in [2.75, 3.05) is 0 Å². The normalized spacial score (nSPS) is 13.5. The number of hydrogen-bond donors (Lipinski definition) is 2. The van der Waals surface area contributed by atoms with Crippen molar-refractivity contribution in [3.63, 3.8) is 0 Å². The highest BCUT2D eigenvalue weighted by atomic mass is 35.5. The second-order valence-electron chi connectivity index (χ2n) is 5.48. The molecule has 2 atom stereocenters. The number of hydrogen-bond acceptors (Lipinski definition) is 2. The van der Waals surface area contributed by atoms with Gasteiger partial charge in [-0.15, -0.1) is 0 Å². The lowest BCUT2D eigenvalue weighted by Gasteiger charge is -2.18. The second kappa shape index (κ2) is 7.31. The van der Waals surface area contributed by atoms with Crippen LogP contribution in [0.1, 0.15) is 31.0 Å². The van der Waals surface area contributed by atoms with E-state index < -0.39 is 0 Å². The van der Waals surface area contributed by atoms with E-state index in [0.29, 0.717) is 6.42 Å². The largest absolute Gasteiger partial charge is 0.335 e. The summed E-state index contributed by atoms with van der Waals surface area (Å²) in [5, 5.41) is 10.7. The fraction of sp³-hybridized carbons (Fsp3) is 0.375. The molecular formula is C16H21ClN4O. The van der Waals surface area contributed by atoms with Crippen molar-refractivity contribution in [1.29, 1.82) is 0 Å². The predicted molar refractivity (Wildman–Crippen MR) is 87.9 cm³/mol. The zero-order chi connectivity index (χ0) is 16.1. The van der Waals surface area contributed by atoms with Gasteiger partial charge in [0.25, 0.3) is 0 Å². The van der Waals surface area contributed by atoms with Crippen molar-refractivity contribution < 1.29 is 4.79 Å². The van der Waals surface area contributed by atoms with Gasteiger partial charge in [-0.1, -0.05) is 29.8 Å². The number of nitrogens with zero attached hydrogens (tertiary/aromatic N) is 2. The molecule has 2 rings (SSSR count). The van der Waals surface area contributed by atoms with Crippen LogP contribution in [-0.2, 0) is 13.5 Å². The molecule has 2 aromatic rings. The summed E-state index contributed by atoms with van der Waals surface area (Å²) in [6.07, 6.45) is 4.32. The zero-order valence-corrected chi connectivity index (χ0v) is 13.8.